The van der Waals surface area contributed by atoms with E-state index in [0.717, 1.165) is 21.8 Å². The zero-order valence-electron chi connectivity index (χ0n) is 18.0. The molecule has 2 aliphatic heterocycles. The normalized spacial score (nSPS) is 20.0. The lowest BCUT2D eigenvalue weighted by Crippen LogP contribution is -2.71. The fraction of sp³-hybridized carbons (Fsp3) is 0.263. The lowest BCUT2D eigenvalue weighted by atomic mass is 10.0. The number of fused-ring (bicyclic) bond motifs is 2. The molecule has 0 saturated carbocycles. The fourth-order valence-corrected chi connectivity index (χ4v) is 5.68. The predicted octanol–water partition coefficient (Wildman–Crippen LogP) is -2.49. The number of thiazole rings is 1. The monoisotopic (exact) mass is 515 g/mol. The van der Waals surface area contributed by atoms with Crippen molar-refractivity contribution >= 4 is 57.2 Å². The minimum atomic E-state index is -1.48. The Hall–Kier alpha value is -4.05. The van der Waals surface area contributed by atoms with Crippen LogP contribution >= 0.6 is 23.1 Å². The van der Waals surface area contributed by atoms with Gasteiger partial charge in [0.05, 0.1) is 17.9 Å². The van der Waals surface area contributed by atoms with Gasteiger partial charge >= 0.3 is 0 Å². The van der Waals surface area contributed by atoms with Crippen LogP contribution in [0.5, 0.6) is 0 Å². The van der Waals surface area contributed by atoms with Crippen LogP contribution in [-0.4, -0.2) is 72.4 Å². The summed E-state index contributed by atoms with van der Waals surface area (Å²) < 4.78 is 3.14. The molecule has 2 atom stereocenters. The summed E-state index contributed by atoms with van der Waals surface area (Å²) in [6.07, 6.45) is 4.84. The number of β-lactam (4-membered cyclic amide) rings is 1. The predicted molar refractivity (Wildman–Crippen MR) is 120 cm³/mol. The van der Waals surface area contributed by atoms with Crippen LogP contribution in [0.15, 0.2) is 46.6 Å². The van der Waals surface area contributed by atoms with Gasteiger partial charge in [-0.05, 0) is 6.07 Å². The third-order valence-electron chi connectivity index (χ3n) is 5.33. The van der Waals surface area contributed by atoms with Gasteiger partial charge in [-0.3, -0.25) is 14.5 Å². The van der Waals surface area contributed by atoms with Crippen molar-refractivity contribution in [2.24, 2.45) is 5.16 Å². The number of hydrogen-bond donors (Lipinski definition) is 2. The Kier molecular flexibility index (Phi) is 5.81. The van der Waals surface area contributed by atoms with Crippen molar-refractivity contribution in [1.29, 1.82) is 0 Å². The topological polar surface area (TPSA) is 184 Å². The molecule has 1 saturated heterocycles. The van der Waals surface area contributed by atoms with Gasteiger partial charge in [-0.15, -0.1) is 23.1 Å². The van der Waals surface area contributed by atoms with Gasteiger partial charge in [-0.25, -0.2) is 9.50 Å². The van der Waals surface area contributed by atoms with E-state index in [0.29, 0.717) is 11.3 Å². The molecule has 5 heterocycles. The maximum absolute atomic E-state index is 12.9. The Morgan fingerprint density at radius 1 is 1.46 bits per heavy atom. The first kappa shape index (κ1) is 22.7. The van der Waals surface area contributed by atoms with Crippen molar-refractivity contribution in [3.05, 3.63) is 47.1 Å². The van der Waals surface area contributed by atoms with Gasteiger partial charge in [0.15, 0.2) is 23.7 Å². The molecular weight excluding hydrogens is 498 g/mol. The zero-order chi connectivity index (χ0) is 24.7. The molecule has 16 heteroatoms. The van der Waals surface area contributed by atoms with Gasteiger partial charge in [-0.1, -0.05) is 9.84 Å². The largest absolute Gasteiger partial charge is 0.543 e. The number of nitrogens with two attached hydrogens (primary N) is 1. The Morgan fingerprint density at radius 2 is 2.29 bits per heavy atom. The number of carbonyl (C=O) groups excluding carboxylic acids is 3. The number of hydrogen-bond acceptors (Lipinski definition) is 12. The molecule has 0 bridgehead atoms. The number of carboxylic acids is 1. The Labute approximate surface area is 205 Å². The smallest absolute Gasteiger partial charge is 0.276 e. The van der Waals surface area contributed by atoms with Crippen LogP contribution in [0.2, 0.25) is 0 Å². The van der Waals surface area contributed by atoms with Crippen molar-refractivity contribution in [1.82, 2.24) is 29.9 Å². The molecule has 2 aliphatic rings. The molecule has 3 N–H and O–H groups in total. The second kappa shape index (κ2) is 8.95. The second-order valence-corrected chi connectivity index (χ2v) is 9.45. The molecule has 180 valence electrons. The molecule has 3 aromatic rings. The maximum Gasteiger partial charge on any atom is 0.276 e. The summed E-state index contributed by atoms with van der Waals surface area (Å²) in [5.74, 6) is -2.46. The van der Waals surface area contributed by atoms with Crippen LogP contribution in [0, 0.1) is 0 Å². The number of nitrogens with zero attached hydrogens (tertiary/aromatic N) is 7. The van der Waals surface area contributed by atoms with E-state index in [2.05, 4.69) is 25.7 Å². The number of rotatable bonds is 7. The summed E-state index contributed by atoms with van der Waals surface area (Å²) in [5, 5.41) is 27.8. The quantitative estimate of drug-likeness (QED) is 0.148. The summed E-state index contributed by atoms with van der Waals surface area (Å²) in [4.78, 5) is 47.7. The van der Waals surface area contributed by atoms with E-state index in [1.54, 1.807) is 27.7 Å². The molecule has 0 aliphatic carbocycles. The van der Waals surface area contributed by atoms with E-state index in [4.69, 9.17) is 10.6 Å². The number of carboxylic acid groups (broad SMARTS) is 1. The Bertz CT molecular complexity index is 1410. The molecule has 1 fully saturated rings. The minimum absolute atomic E-state index is 0.140. The summed E-state index contributed by atoms with van der Waals surface area (Å²) in [6, 6.07) is 0.820. The molecule has 35 heavy (non-hydrogen) atoms. The van der Waals surface area contributed by atoms with E-state index >= 15 is 0 Å². The van der Waals surface area contributed by atoms with Crippen molar-refractivity contribution in [2.75, 3.05) is 18.6 Å². The van der Waals surface area contributed by atoms with E-state index in [1.807, 2.05) is 0 Å². The summed E-state index contributed by atoms with van der Waals surface area (Å²) in [7, 11) is 1.27. The standard InChI is InChI=1S/C19H17N9O5S2/c1-33-25-12(11-7-35-19(20)23-11)15(29)24-13-16(30)28-14(18(31)32)9(6-34-17(13)28)4-26-5-10-2-3-21-27(10)8-22-26/h2-3,5,7-8,13,17H,4,6H2,1H3,(H3-,20,23,24,29,31,32)/b25-12-. The average Bonchev–Trinajstić information content (AvgIpc) is 3.48. The Morgan fingerprint density at radius 3 is 3.00 bits per heavy atom. The number of aromatic nitrogens is 5. The zero-order valence-corrected chi connectivity index (χ0v) is 19.7. The third kappa shape index (κ3) is 4.06. The summed E-state index contributed by atoms with van der Waals surface area (Å²) in [5.41, 5.74) is 6.70. The number of carbonyl (C=O) groups is 3. The van der Waals surface area contributed by atoms with Crippen LogP contribution in [0.4, 0.5) is 5.13 Å². The number of oxime groups is 1. The molecule has 2 amide bonds. The van der Waals surface area contributed by atoms with E-state index < -0.39 is 29.2 Å². The fourth-order valence-electron chi connectivity index (χ4n) is 3.80. The highest BCUT2D eigenvalue weighted by atomic mass is 32.2. The van der Waals surface area contributed by atoms with E-state index in [9.17, 15) is 19.5 Å². The van der Waals surface area contributed by atoms with Gasteiger partial charge in [-0.2, -0.15) is 5.10 Å². The maximum atomic E-state index is 12.9. The van der Waals surface area contributed by atoms with Gasteiger partial charge in [0.25, 0.3) is 11.8 Å². The van der Waals surface area contributed by atoms with Crippen molar-refractivity contribution < 1.29 is 29.0 Å². The molecule has 14 nitrogen and oxygen atoms in total. The van der Waals surface area contributed by atoms with Crippen LogP contribution in [0.25, 0.3) is 5.52 Å². The second-order valence-electron chi connectivity index (χ2n) is 7.45. The summed E-state index contributed by atoms with van der Waals surface area (Å²) in [6.45, 7) is 0.140. The SMILES string of the molecule is CO/N=C(\C(=O)NC1C(=O)N2C(C(=O)[O-])=C(C[n+]3cc4ccnn4cn3)CSC12)c1csc(N)n1. The van der Waals surface area contributed by atoms with Crippen molar-refractivity contribution in [2.45, 2.75) is 18.0 Å². The molecule has 2 unspecified atom stereocenters. The molecule has 3 aromatic heterocycles. The molecule has 5 rings (SSSR count). The number of amides is 2. The molecule has 0 spiro atoms. The van der Waals surface area contributed by atoms with Crippen molar-refractivity contribution in [3.63, 3.8) is 0 Å². The van der Waals surface area contributed by atoms with Gasteiger partial charge in [0, 0.05) is 21.8 Å². The van der Waals surface area contributed by atoms with Crippen LogP contribution in [-0.2, 0) is 25.8 Å². The average molecular weight is 516 g/mol. The van der Waals surface area contributed by atoms with Crippen LogP contribution in [0.3, 0.4) is 0 Å². The Balaban J connectivity index is 1.36. The summed E-state index contributed by atoms with van der Waals surface area (Å²) >= 11 is 2.44. The lowest BCUT2D eigenvalue weighted by molar-refractivity contribution is -0.746. The van der Waals surface area contributed by atoms with Crippen LogP contribution < -0.4 is 20.8 Å². The first-order chi connectivity index (χ1) is 16.9. The first-order valence-corrected chi connectivity index (χ1v) is 12.0. The van der Waals surface area contributed by atoms with Gasteiger partial charge in [0.2, 0.25) is 6.20 Å². The number of nitrogens with one attached hydrogen (secondary N) is 1. The van der Waals surface area contributed by atoms with E-state index in [-0.39, 0.29) is 28.8 Å². The molecule has 0 aromatic carbocycles. The molecular formula is C19H17N9O5S2. The van der Waals surface area contributed by atoms with Gasteiger partial charge in [0.1, 0.15) is 29.7 Å². The highest BCUT2D eigenvalue weighted by molar-refractivity contribution is 8.00. The number of anilines is 1. The first-order valence-electron chi connectivity index (χ1n) is 10.1. The molecule has 0 radical (unpaired) electrons. The minimum Gasteiger partial charge on any atom is -0.543 e. The highest BCUT2D eigenvalue weighted by Gasteiger charge is 2.53. The lowest BCUT2D eigenvalue weighted by Gasteiger charge is -2.50. The number of thioether (sulfide) groups is 1. The number of nitrogen functional groups attached to an aromatic ring is 1. The highest BCUT2D eigenvalue weighted by Crippen LogP contribution is 2.40. The van der Waals surface area contributed by atoms with Gasteiger partial charge < -0.3 is 25.8 Å². The van der Waals surface area contributed by atoms with Crippen LogP contribution in [0.1, 0.15) is 5.69 Å². The third-order valence-corrected chi connectivity index (χ3v) is 7.35. The van der Waals surface area contributed by atoms with E-state index in [1.165, 1.54) is 30.6 Å². The number of aliphatic carboxylic acids is 1. The van der Waals surface area contributed by atoms with Crippen molar-refractivity contribution in [3.8, 4) is 0 Å².